The summed E-state index contributed by atoms with van der Waals surface area (Å²) in [5.74, 6) is 0.381. The van der Waals surface area contributed by atoms with E-state index in [1.54, 1.807) is 11.8 Å². The number of primary amides is 1. The van der Waals surface area contributed by atoms with Gasteiger partial charge >= 0.3 is 18.3 Å². The van der Waals surface area contributed by atoms with Gasteiger partial charge in [-0.25, -0.2) is 28.2 Å². The van der Waals surface area contributed by atoms with Crippen molar-refractivity contribution in [3.8, 4) is 17.4 Å². The molecule has 0 aliphatic carbocycles. The van der Waals surface area contributed by atoms with Crippen LogP contribution in [0, 0.1) is 6.92 Å². The average Bonchev–Trinajstić information content (AvgIpc) is 3.28. The fourth-order valence-corrected chi connectivity index (χ4v) is 6.19. The smallest absolute Gasteiger partial charge is 0.378 e. The highest BCUT2D eigenvalue weighted by Gasteiger charge is 2.36. The van der Waals surface area contributed by atoms with Gasteiger partial charge in [-0.2, -0.15) is 27.4 Å². The molecule has 0 aromatic carbocycles. The molecular formula is C26H35F3N10O5S. The number of imidazole rings is 1. The monoisotopic (exact) mass is 656 g/mol. The number of piperazine rings is 1. The molecule has 2 aliphatic heterocycles. The zero-order valence-electron chi connectivity index (χ0n) is 25.5. The second-order valence-electron chi connectivity index (χ2n) is 11.9. The number of halogens is 3. The summed E-state index contributed by atoms with van der Waals surface area (Å²) in [4.78, 5) is 37.8. The molecule has 19 heteroatoms. The van der Waals surface area contributed by atoms with Crippen LogP contribution in [0.4, 0.5) is 29.7 Å². The summed E-state index contributed by atoms with van der Waals surface area (Å²) in [5, 5.41) is 0. The van der Waals surface area contributed by atoms with E-state index in [-0.39, 0.29) is 55.1 Å². The Morgan fingerprint density at radius 2 is 1.60 bits per heavy atom. The van der Waals surface area contributed by atoms with E-state index in [1.807, 2.05) is 25.7 Å². The zero-order valence-corrected chi connectivity index (χ0v) is 26.4. The first-order chi connectivity index (χ1) is 20.9. The lowest BCUT2D eigenvalue weighted by molar-refractivity contribution is -0.139. The van der Waals surface area contributed by atoms with E-state index in [9.17, 15) is 26.4 Å². The maximum atomic E-state index is 14.1. The number of morpholine rings is 1. The Labute approximate surface area is 257 Å². The molecule has 15 nitrogen and oxygen atoms in total. The van der Waals surface area contributed by atoms with Crippen molar-refractivity contribution in [1.29, 1.82) is 0 Å². The molecule has 2 aliphatic rings. The maximum Gasteiger partial charge on any atom is 0.412 e. The van der Waals surface area contributed by atoms with Crippen LogP contribution in [0.15, 0.2) is 0 Å². The van der Waals surface area contributed by atoms with Gasteiger partial charge in [-0.15, -0.1) is 0 Å². The number of nitrogens with two attached hydrogens (primary N) is 1. The van der Waals surface area contributed by atoms with Gasteiger partial charge in [-0.05, 0) is 6.92 Å². The molecular weight excluding hydrogens is 621 g/mol. The Balaban J connectivity index is 1.75. The van der Waals surface area contributed by atoms with Gasteiger partial charge in [-0.1, -0.05) is 20.8 Å². The normalized spacial score (nSPS) is 17.2. The molecule has 1 amide bonds. The molecule has 2 fully saturated rings. The second-order valence-corrected chi connectivity index (χ2v) is 13.9. The van der Waals surface area contributed by atoms with Gasteiger partial charge in [0.25, 0.3) is 0 Å². The van der Waals surface area contributed by atoms with E-state index in [1.165, 1.54) is 4.31 Å². The van der Waals surface area contributed by atoms with Crippen LogP contribution in [0.2, 0.25) is 0 Å². The molecule has 3 aromatic rings. The number of fused-ring (bicyclic) bond motifs is 1. The Bertz CT molecular complexity index is 1710. The lowest BCUT2D eigenvalue weighted by atomic mass is 9.87. The predicted molar refractivity (Wildman–Crippen MR) is 158 cm³/mol. The number of rotatable bonds is 6. The maximum absolute atomic E-state index is 14.1. The van der Waals surface area contributed by atoms with Crippen molar-refractivity contribution in [3.05, 3.63) is 11.4 Å². The molecule has 246 valence electrons. The second kappa shape index (κ2) is 11.8. The van der Waals surface area contributed by atoms with Crippen molar-refractivity contribution in [1.82, 2.24) is 33.8 Å². The third-order valence-electron chi connectivity index (χ3n) is 7.39. The van der Waals surface area contributed by atoms with Crippen molar-refractivity contribution >= 4 is 39.0 Å². The SMILES string of the molecule is Cc1nc(OC(N)=O)nc(C(C)(C)C)c1-c1nc(N2CCOCC2)c2nc(N3CCN(S(C)(=O)=O)CC3)n(CC(F)(F)F)c2n1. The minimum atomic E-state index is -4.63. The summed E-state index contributed by atoms with van der Waals surface area (Å²) in [5.41, 5.74) is 5.68. The van der Waals surface area contributed by atoms with Crippen LogP contribution in [0.5, 0.6) is 6.01 Å². The van der Waals surface area contributed by atoms with Gasteiger partial charge in [0.2, 0.25) is 16.0 Å². The third-order valence-corrected chi connectivity index (χ3v) is 8.69. The zero-order chi connectivity index (χ0) is 32.9. The number of hydrogen-bond donors (Lipinski definition) is 1. The number of nitrogens with zero attached hydrogens (tertiary/aromatic N) is 9. The molecule has 45 heavy (non-hydrogen) atoms. The molecule has 0 atom stereocenters. The summed E-state index contributed by atoms with van der Waals surface area (Å²) < 4.78 is 79.3. The molecule has 0 unspecified atom stereocenters. The molecule has 0 radical (unpaired) electrons. The number of aromatic nitrogens is 6. The Hall–Kier alpha value is -3.84. The topological polar surface area (TPSA) is 175 Å². The van der Waals surface area contributed by atoms with Crippen molar-refractivity contribution in [2.45, 2.75) is 45.8 Å². The Morgan fingerprint density at radius 3 is 2.16 bits per heavy atom. The van der Waals surface area contributed by atoms with E-state index in [4.69, 9.17) is 20.2 Å². The molecule has 5 heterocycles. The molecule has 3 aromatic heterocycles. The van der Waals surface area contributed by atoms with Crippen molar-refractivity contribution in [2.24, 2.45) is 5.73 Å². The first-order valence-electron chi connectivity index (χ1n) is 14.2. The molecule has 2 N–H and O–H groups in total. The Kier molecular flexibility index (Phi) is 8.56. The van der Waals surface area contributed by atoms with Crippen LogP contribution in [0.25, 0.3) is 22.6 Å². The number of hydrogen-bond acceptors (Lipinski definition) is 12. The number of carbonyl (C=O) groups excluding carboxylic acids is 1. The highest BCUT2D eigenvalue weighted by atomic mass is 32.2. The van der Waals surface area contributed by atoms with Crippen LogP contribution in [-0.4, -0.2) is 113 Å². The van der Waals surface area contributed by atoms with Crippen molar-refractivity contribution in [3.63, 3.8) is 0 Å². The number of ether oxygens (including phenoxy) is 2. The van der Waals surface area contributed by atoms with Gasteiger partial charge in [-0.3, -0.25) is 4.57 Å². The molecule has 0 bridgehead atoms. The van der Waals surface area contributed by atoms with E-state index >= 15 is 0 Å². The fourth-order valence-electron chi connectivity index (χ4n) is 5.36. The van der Waals surface area contributed by atoms with Gasteiger partial charge in [0.1, 0.15) is 6.54 Å². The highest BCUT2D eigenvalue weighted by molar-refractivity contribution is 7.88. The van der Waals surface area contributed by atoms with Crippen LogP contribution in [-0.2, 0) is 26.7 Å². The van der Waals surface area contributed by atoms with E-state index in [2.05, 4.69) is 19.9 Å². The quantitative estimate of drug-likeness (QED) is 0.408. The van der Waals surface area contributed by atoms with Gasteiger partial charge in [0.15, 0.2) is 22.8 Å². The van der Waals surface area contributed by atoms with Crippen LogP contribution in [0.3, 0.4) is 0 Å². The van der Waals surface area contributed by atoms with Crippen molar-refractivity contribution in [2.75, 3.05) is 68.5 Å². The number of aryl methyl sites for hydroxylation is 1. The number of alkyl halides is 3. The number of carbonyl (C=O) groups is 1. The molecule has 5 rings (SSSR count). The van der Waals surface area contributed by atoms with Gasteiger partial charge in [0.05, 0.1) is 36.4 Å². The standard InChI is InChI=1S/C26H35F3N10O5S/c1-15-16(18(25(2,3)4)33-23(31-15)44-22(30)40)19-34-20(36-10-12-43-13-11-36)17-21(35-19)39(14-26(27,28)29)24(32-17)37-6-8-38(9-7-37)45(5,41)42/h6-14H2,1-5H3,(H2,30,40). The lowest BCUT2D eigenvalue weighted by Crippen LogP contribution is -2.49. The van der Waals surface area contributed by atoms with Crippen LogP contribution in [0.1, 0.15) is 32.2 Å². The minimum Gasteiger partial charge on any atom is -0.378 e. The summed E-state index contributed by atoms with van der Waals surface area (Å²) in [7, 11) is -3.47. The molecule has 0 saturated carbocycles. The largest absolute Gasteiger partial charge is 0.412 e. The van der Waals surface area contributed by atoms with Crippen LogP contribution < -0.4 is 20.3 Å². The number of sulfonamides is 1. The third kappa shape index (κ3) is 7.04. The van der Waals surface area contributed by atoms with Gasteiger partial charge in [0, 0.05) is 44.7 Å². The van der Waals surface area contributed by atoms with E-state index in [0.29, 0.717) is 49.1 Å². The first-order valence-corrected chi connectivity index (χ1v) is 16.0. The highest BCUT2D eigenvalue weighted by Crippen LogP contribution is 2.38. The predicted octanol–water partition coefficient (Wildman–Crippen LogP) is 1.83. The number of anilines is 2. The summed E-state index contributed by atoms with van der Waals surface area (Å²) >= 11 is 0. The lowest BCUT2D eigenvalue weighted by Gasteiger charge is -2.34. The first kappa shape index (κ1) is 32.6. The van der Waals surface area contributed by atoms with Crippen molar-refractivity contribution < 1.29 is 35.9 Å². The Morgan fingerprint density at radius 1 is 0.956 bits per heavy atom. The average molecular weight is 657 g/mol. The molecule has 0 spiro atoms. The summed E-state index contributed by atoms with van der Waals surface area (Å²) in [6, 6.07) is -0.277. The van der Waals surface area contributed by atoms with Gasteiger partial charge < -0.3 is 25.0 Å². The summed E-state index contributed by atoms with van der Waals surface area (Å²) in [6.07, 6.45) is -4.64. The van der Waals surface area contributed by atoms with E-state index < -0.39 is 34.3 Å². The van der Waals surface area contributed by atoms with E-state index in [0.717, 1.165) is 10.8 Å². The van der Waals surface area contributed by atoms with Crippen LogP contribution >= 0.6 is 0 Å². The minimum absolute atomic E-state index is 0.00524. The summed E-state index contributed by atoms with van der Waals surface area (Å²) in [6.45, 7) is 7.81. The number of amides is 1. The molecule has 2 saturated heterocycles. The fraction of sp³-hybridized carbons (Fsp3) is 0.615.